The van der Waals surface area contributed by atoms with E-state index in [0.717, 1.165) is 55.3 Å². The van der Waals surface area contributed by atoms with E-state index in [2.05, 4.69) is 28.8 Å². The molecule has 1 heterocycles. The number of anilines is 1. The number of hydrogen-bond acceptors (Lipinski definition) is 9. The standard InChI is InChI=1S/C34H42N4O6S2/c1-34(2)16-14-26(15-17-34)25-8-10-27(11-9-25)33(39)36-46(42,43)30-12-13-31(32(22-30)38(40)41)35-28(23-37-18-20-44-21-19-37)24-45-29-6-4-3-5-7-29/h3-13,22,26,28,35H,14-21,23-24H2,1-2H3,(H,36,39). The Kier molecular flexibility index (Phi) is 11.0. The van der Waals surface area contributed by atoms with Crippen LogP contribution in [0.1, 0.15) is 61.4 Å². The number of rotatable bonds is 12. The van der Waals surface area contributed by atoms with Crippen LogP contribution in [-0.2, 0) is 14.8 Å². The van der Waals surface area contributed by atoms with E-state index in [0.29, 0.717) is 36.8 Å². The molecule has 0 bridgehead atoms. The molecule has 1 aliphatic heterocycles. The summed E-state index contributed by atoms with van der Waals surface area (Å²) in [5.74, 6) is 0.267. The number of ether oxygens (including phenoxy) is 1. The predicted molar refractivity (Wildman–Crippen MR) is 181 cm³/mol. The Morgan fingerprint density at radius 3 is 2.37 bits per heavy atom. The SMILES string of the molecule is CC1(C)CCC(c2ccc(C(=O)NS(=O)(=O)c3ccc(NC(CSc4ccccc4)CN4CCOCC4)c([N+](=O)[O-])c3)cc2)CC1. The summed E-state index contributed by atoms with van der Waals surface area (Å²) in [7, 11) is -4.38. The van der Waals surface area contributed by atoms with Crippen molar-refractivity contribution < 1.29 is 22.9 Å². The number of benzene rings is 3. The number of amides is 1. The minimum absolute atomic E-state index is 0.174. The van der Waals surface area contributed by atoms with Gasteiger partial charge in [-0.25, -0.2) is 13.1 Å². The van der Waals surface area contributed by atoms with Crippen molar-refractivity contribution >= 4 is 39.1 Å². The molecule has 0 radical (unpaired) electrons. The van der Waals surface area contributed by atoms with Gasteiger partial charge in [0, 0.05) is 48.0 Å². The van der Waals surface area contributed by atoms with Crippen LogP contribution in [0.2, 0.25) is 0 Å². The zero-order valence-corrected chi connectivity index (χ0v) is 27.9. The zero-order valence-electron chi connectivity index (χ0n) is 26.3. The molecule has 1 unspecified atom stereocenters. The van der Waals surface area contributed by atoms with Gasteiger partial charge < -0.3 is 10.1 Å². The van der Waals surface area contributed by atoms with Crippen LogP contribution in [0.5, 0.6) is 0 Å². The van der Waals surface area contributed by atoms with Gasteiger partial charge in [0.25, 0.3) is 21.6 Å². The van der Waals surface area contributed by atoms with Gasteiger partial charge in [0.1, 0.15) is 5.69 Å². The summed E-state index contributed by atoms with van der Waals surface area (Å²) in [6.45, 7) is 7.97. The highest BCUT2D eigenvalue weighted by molar-refractivity contribution is 7.99. The molecule has 46 heavy (non-hydrogen) atoms. The number of hydrogen-bond donors (Lipinski definition) is 2. The van der Waals surface area contributed by atoms with Crippen LogP contribution < -0.4 is 10.0 Å². The van der Waals surface area contributed by atoms with E-state index in [1.54, 1.807) is 23.9 Å². The Bertz CT molecular complexity index is 1600. The summed E-state index contributed by atoms with van der Waals surface area (Å²) < 4.78 is 34.0. The average Bonchev–Trinajstić information content (AvgIpc) is 3.04. The maximum atomic E-state index is 13.2. The summed E-state index contributed by atoms with van der Waals surface area (Å²) in [6.07, 6.45) is 4.44. The van der Waals surface area contributed by atoms with Crippen molar-refractivity contribution in [3.63, 3.8) is 0 Å². The third kappa shape index (κ3) is 9.09. The van der Waals surface area contributed by atoms with E-state index in [1.165, 1.54) is 12.1 Å². The predicted octanol–water partition coefficient (Wildman–Crippen LogP) is 6.30. The highest BCUT2D eigenvalue weighted by Gasteiger charge is 2.29. The maximum absolute atomic E-state index is 13.2. The van der Waals surface area contributed by atoms with Gasteiger partial charge in [0.2, 0.25) is 0 Å². The maximum Gasteiger partial charge on any atom is 0.293 e. The minimum atomic E-state index is -4.38. The number of nitrogens with zero attached hydrogens (tertiary/aromatic N) is 2. The molecule has 2 fully saturated rings. The smallest absolute Gasteiger partial charge is 0.293 e. The first-order chi connectivity index (χ1) is 22.0. The Morgan fingerprint density at radius 1 is 1.04 bits per heavy atom. The number of morpholine rings is 1. The van der Waals surface area contributed by atoms with Gasteiger partial charge in [-0.1, -0.05) is 44.2 Å². The molecule has 5 rings (SSSR count). The van der Waals surface area contributed by atoms with Crippen LogP contribution in [-0.4, -0.2) is 68.8 Å². The number of sulfonamides is 1. The summed E-state index contributed by atoms with van der Waals surface area (Å²) in [5, 5.41) is 15.4. The van der Waals surface area contributed by atoms with Crippen molar-refractivity contribution in [3.8, 4) is 0 Å². The number of carbonyl (C=O) groups excluding carboxylic acids is 1. The van der Waals surface area contributed by atoms with Gasteiger partial charge in [0.05, 0.1) is 23.0 Å². The Hall–Kier alpha value is -3.45. The second-order valence-electron chi connectivity index (χ2n) is 12.8. The molecule has 2 aliphatic rings. The van der Waals surface area contributed by atoms with Gasteiger partial charge in [-0.2, -0.15) is 0 Å². The highest BCUT2D eigenvalue weighted by Crippen LogP contribution is 2.42. The third-order valence-corrected chi connectivity index (χ3v) is 11.3. The first-order valence-electron chi connectivity index (χ1n) is 15.7. The van der Waals surface area contributed by atoms with Crippen molar-refractivity contribution in [2.45, 2.75) is 61.3 Å². The molecule has 1 saturated carbocycles. The molecular formula is C34H42N4O6S2. The van der Waals surface area contributed by atoms with Gasteiger partial charge in [0.15, 0.2) is 0 Å². The largest absolute Gasteiger partial charge is 0.379 e. The fourth-order valence-corrected chi connectivity index (χ4v) is 7.93. The van der Waals surface area contributed by atoms with Crippen LogP contribution in [0.3, 0.4) is 0 Å². The number of nitro groups is 1. The minimum Gasteiger partial charge on any atom is -0.379 e. The number of nitro benzene ring substituents is 1. The zero-order chi connectivity index (χ0) is 32.7. The molecule has 1 amide bonds. The van der Waals surface area contributed by atoms with Crippen LogP contribution >= 0.6 is 11.8 Å². The Labute approximate surface area is 275 Å². The lowest BCUT2D eigenvalue weighted by atomic mass is 9.71. The van der Waals surface area contributed by atoms with E-state index >= 15 is 0 Å². The summed E-state index contributed by atoms with van der Waals surface area (Å²) in [4.78, 5) is 27.5. The molecule has 1 aliphatic carbocycles. The van der Waals surface area contributed by atoms with Gasteiger partial charge in [-0.3, -0.25) is 19.8 Å². The van der Waals surface area contributed by atoms with Crippen LogP contribution in [0.15, 0.2) is 82.6 Å². The molecular weight excluding hydrogens is 625 g/mol. The van der Waals surface area contributed by atoms with E-state index < -0.39 is 20.9 Å². The van der Waals surface area contributed by atoms with Crippen molar-refractivity contribution in [3.05, 3.63) is 94.0 Å². The fraction of sp³-hybridized carbons (Fsp3) is 0.441. The van der Waals surface area contributed by atoms with E-state index in [-0.39, 0.29) is 27.9 Å². The van der Waals surface area contributed by atoms with Crippen molar-refractivity contribution in [2.24, 2.45) is 5.41 Å². The topological polar surface area (TPSA) is 131 Å². The Morgan fingerprint density at radius 2 is 1.72 bits per heavy atom. The molecule has 12 heteroatoms. The van der Waals surface area contributed by atoms with Gasteiger partial charge in [-0.15, -0.1) is 11.8 Å². The average molecular weight is 667 g/mol. The third-order valence-electron chi connectivity index (χ3n) is 8.82. The molecule has 0 spiro atoms. The molecule has 3 aromatic carbocycles. The Balaban J connectivity index is 1.28. The molecule has 1 atom stereocenters. The molecule has 2 N–H and O–H groups in total. The summed E-state index contributed by atoms with van der Waals surface area (Å²) in [6, 6.07) is 20.5. The van der Waals surface area contributed by atoms with E-state index in [4.69, 9.17) is 4.74 Å². The lowest BCUT2D eigenvalue weighted by Crippen LogP contribution is -2.44. The lowest BCUT2D eigenvalue weighted by Gasteiger charge is -2.34. The van der Waals surface area contributed by atoms with Crippen molar-refractivity contribution in [1.29, 1.82) is 0 Å². The number of carbonyl (C=O) groups is 1. The van der Waals surface area contributed by atoms with Gasteiger partial charge >= 0.3 is 0 Å². The van der Waals surface area contributed by atoms with Crippen LogP contribution in [0.25, 0.3) is 0 Å². The second-order valence-corrected chi connectivity index (χ2v) is 15.6. The molecule has 3 aromatic rings. The molecule has 1 saturated heterocycles. The molecule has 0 aromatic heterocycles. The van der Waals surface area contributed by atoms with Gasteiger partial charge in [-0.05, 0) is 79.0 Å². The van der Waals surface area contributed by atoms with E-state index in [9.17, 15) is 23.3 Å². The van der Waals surface area contributed by atoms with Crippen molar-refractivity contribution in [1.82, 2.24) is 9.62 Å². The van der Waals surface area contributed by atoms with Crippen LogP contribution in [0, 0.1) is 15.5 Å². The van der Waals surface area contributed by atoms with Crippen LogP contribution in [0.4, 0.5) is 11.4 Å². The fourth-order valence-electron chi connectivity index (χ4n) is 6.00. The quantitative estimate of drug-likeness (QED) is 0.130. The van der Waals surface area contributed by atoms with Crippen molar-refractivity contribution in [2.75, 3.05) is 43.9 Å². The number of thioether (sulfide) groups is 1. The molecule has 246 valence electrons. The number of nitrogens with one attached hydrogen (secondary N) is 2. The van der Waals surface area contributed by atoms with E-state index in [1.807, 2.05) is 42.5 Å². The second kappa shape index (κ2) is 15.0. The highest BCUT2D eigenvalue weighted by atomic mass is 32.2. The first kappa shape index (κ1) is 33.9. The monoisotopic (exact) mass is 666 g/mol. The first-order valence-corrected chi connectivity index (χ1v) is 18.2. The lowest BCUT2D eigenvalue weighted by molar-refractivity contribution is -0.384. The summed E-state index contributed by atoms with van der Waals surface area (Å²) >= 11 is 1.64. The molecule has 10 nitrogen and oxygen atoms in total. The normalized spacial score (nSPS) is 18.0. The summed E-state index contributed by atoms with van der Waals surface area (Å²) in [5.41, 5.74) is 1.52.